The number of hydrogen-bond acceptors (Lipinski definition) is 2. The molecule has 3 nitrogen and oxygen atoms in total. The number of aromatic nitrogens is 2. The third-order valence-corrected chi connectivity index (χ3v) is 3.34. The molecule has 1 aromatic heterocycles. The van der Waals surface area contributed by atoms with E-state index in [-0.39, 0.29) is 0 Å². The molecule has 1 N–H and O–H groups in total. The quantitative estimate of drug-likeness (QED) is 0.802. The molecule has 0 bridgehead atoms. The van der Waals surface area contributed by atoms with Crippen molar-refractivity contribution in [3.05, 3.63) is 54.9 Å². The molecule has 19 heavy (non-hydrogen) atoms. The van der Waals surface area contributed by atoms with Crippen LogP contribution in [0.3, 0.4) is 0 Å². The second kappa shape index (κ2) is 5.41. The Morgan fingerprint density at radius 2 is 2.05 bits per heavy atom. The highest BCUT2D eigenvalue weighted by molar-refractivity contribution is 5.61. The summed E-state index contributed by atoms with van der Waals surface area (Å²) in [6.45, 7) is 5.79. The van der Waals surface area contributed by atoms with Crippen LogP contribution in [-0.4, -0.2) is 22.4 Å². The van der Waals surface area contributed by atoms with E-state index in [1.807, 2.05) is 29.1 Å². The molecule has 0 spiro atoms. The molecule has 1 fully saturated rings. The third kappa shape index (κ3) is 3.32. The Bertz CT molecular complexity index is 552. The maximum absolute atomic E-state index is 4.40. The fourth-order valence-corrected chi connectivity index (χ4v) is 2.09. The summed E-state index contributed by atoms with van der Waals surface area (Å²) in [5, 5.41) is 7.88. The Kier molecular flexibility index (Phi) is 3.47. The van der Waals surface area contributed by atoms with Gasteiger partial charge in [0.15, 0.2) is 0 Å². The predicted molar refractivity (Wildman–Crippen MR) is 77.8 cm³/mol. The number of nitrogens with one attached hydrogen (secondary N) is 1. The van der Waals surface area contributed by atoms with E-state index in [9.17, 15) is 0 Å². The van der Waals surface area contributed by atoms with Crippen LogP contribution < -0.4 is 5.32 Å². The van der Waals surface area contributed by atoms with Gasteiger partial charge in [0.1, 0.15) is 0 Å². The van der Waals surface area contributed by atoms with Gasteiger partial charge in [0.05, 0.1) is 12.7 Å². The molecule has 2 aromatic rings. The van der Waals surface area contributed by atoms with Gasteiger partial charge in [0.25, 0.3) is 0 Å². The monoisotopic (exact) mass is 253 g/mol. The lowest BCUT2D eigenvalue weighted by molar-refractivity contribution is 0.635. The van der Waals surface area contributed by atoms with Crippen LogP contribution >= 0.6 is 0 Å². The van der Waals surface area contributed by atoms with E-state index in [0.717, 1.165) is 24.7 Å². The molecule has 0 aliphatic heterocycles. The van der Waals surface area contributed by atoms with Crippen molar-refractivity contribution in [1.29, 1.82) is 0 Å². The first kappa shape index (κ1) is 12.2. The average Bonchev–Trinajstić information content (AvgIpc) is 3.16. The second-order valence-corrected chi connectivity index (χ2v) is 5.20. The zero-order chi connectivity index (χ0) is 13.1. The third-order valence-electron chi connectivity index (χ3n) is 3.34. The first-order valence-electron chi connectivity index (χ1n) is 6.79. The minimum absolute atomic E-state index is 0.731. The minimum Gasteiger partial charge on any atom is -0.310 e. The van der Waals surface area contributed by atoms with Gasteiger partial charge in [-0.1, -0.05) is 36.9 Å². The van der Waals surface area contributed by atoms with Crippen molar-refractivity contribution in [2.24, 2.45) is 0 Å². The summed E-state index contributed by atoms with van der Waals surface area (Å²) < 4.78 is 1.96. The van der Waals surface area contributed by atoms with E-state index < -0.39 is 0 Å². The standard InChI is InChI=1S/C16H19N3/c1-13(9-17-16-7-8-16)11-19-12-15(10-18-19)14-5-3-2-4-6-14/h2-6,10,12,16-17H,1,7-9,11H2. The Balaban J connectivity index is 1.59. The molecule has 3 heteroatoms. The van der Waals surface area contributed by atoms with E-state index in [1.165, 1.54) is 24.0 Å². The summed E-state index contributed by atoms with van der Waals surface area (Å²) in [7, 11) is 0. The fraction of sp³-hybridized carbons (Fsp3) is 0.312. The van der Waals surface area contributed by atoms with Gasteiger partial charge in [-0.15, -0.1) is 0 Å². The summed E-state index contributed by atoms with van der Waals surface area (Å²) >= 11 is 0. The van der Waals surface area contributed by atoms with Crippen molar-refractivity contribution in [1.82, 2.24) is 15.1 Å². The smallest absolute Gasteiger partial charge is 0.0629 e. The molecule has 3 rings (SSSR count). The summed E-state index contributed by atoms with van der Waals surface area (Å²) in [6.07, 6.45) is 6.62. The van der Waals surface area contributed by atoms with Gasteiger partial charge in [-0.05, 0) is 24.0 Å². The lowest BCUT2D eigenvalue weighted by Crippen LogP contribution is -2.20. The first-order valence-corrected chi connectivity index (χ1v) is 6.79. The molecule has 1 aromatic carbocycles. The number of nitrogens with zero attached hydrogens (tertiary/aromatic N) is 2. The maximum Gasteiger partial charge on any atom is 0.0629 e. The molecule has 0 unspecified atom stereocenters. The highest BCUT2D eigenvalue weighted by Gasteiger charge is 2.20. The molecule has 1 aliphatic carbocycles. The predicted octanol–water partition coefficient (Wildman–Crippen LogP) is 2.86. The van der Waals surface area contributed by atoms with E-state index in [2.05, 4.69) is 35.3 Å². The average molecular weight is 253 g/mol. The Morgan fingerprint density at radius 3 is 2.79 bits per heavy atom. The number of hydrogen-bond donors (Lipinski definition) is 1. The van der Waals surface area contributed by atoms with Gasteiger partial charge in [-0.2, -0.15) is 5.10 Å². The lowest BCUT2D eigenvalue weighted by atomic mass is 10.1. The highest BCUT2D eigenvalue weighted by Crippen LogP contribution is 2.19. The molecule has 1 saturated carbocycles. The zero-order valence-electron chi connectivity index (χ0n) is 11.0. The van der Waals surface area contributed by atoms with Crippen molar-refractivity contribution >= 4 is 0 Å². The second-order valence-electron chi connectivity index (χ2n) is 5.20. The van der Waals surface area contributed by atoms with Crippen molar-refractivity contribution in [3.63, 3.8) is 0 Å². The van der Waals surface area contributed by atoms with Crippen molar-refractivity contribution in [3.8, 4) is 11.1 Å². The van der Waals surface area contributed by atoms with Gasteiger partial charge < -0.3 is 5.32 Å². The number of benzene rings is 1. The molecule has 1 heterocycles. The summed E-state index contributed by atoms with van der Waals surface area (Å²) in [5.74, 6) is 0. The maximum atomic E-state index is 4.40. The van der Waals surface area contributed by atoms with Gasteiger partial charge in [0.2, 0.25) is 0 Å². The van der Waals surface area contributed by atoms with Crippen LogP contribution in [0, 0.1) is 0 Å². The summed E-state index contributed by atoms with van der Waals surface area (Å²) in [5.41, 5.74) is 3.54. The summed E-state index contributed by atoms with van der Waals surface area (Å²) in [4.78, 5) is 0. The van der Waals surface area contributed by atoms with Crippen molar-refractivity contribution < 1.29 is 0 Å². The van der Waals surface area contributed by atoms with Crippen LogP contribution in [0.4, 0.5) is 0 Å². The van der Waals surface area contributed by atoms with Crippen LogP contribution in [0.25, 0.3) is 11.1 Å². The zero-order valence-corrected chi connectivity index (χ0v) is 11.0. The fourth-order valence-electron chi connectivity index (χ4n) is 2.09. The van der Waals surface area contributed by atoms with Gasteiger partial charge in [-0.3, -0.25) is 4.68 Å². The molecule has 98 valence electrons. The van der Waals surface area contributed by atoms with Crippen LogP contribution in [0.15, 0.2) is 54.9 Å². The van der Waals surface area contributed by atoms with Crippen LogP contribution in [0.1, 0.15) is 12.8 Å². The molecule has 0 saturated heterocycles. The molecule has 0 amide bonds. The van der Waals surface area contributed by atoms with Crippen LogP contribution in [0.5, 0.6) is 0 Å². The molecular formula is C16H19N3. The summed E-state index contributed by atoms with van der Waals surface area (Å²) in [6, 6.07) is 11.1. The van der Waals surface area contributed by atoms with E-state index in [4.69, 9.17) is 0 Å². The Hall–Kier alpha value is -1.87. The minimum atomic E-state index is 0.731. The molecule has 0 radical (unpaired) electrons. The highest BCUT2D eigenvalue weighted by atomic mass is 15.3. The molecule has 1 aliphatic rings. The topological polar surface area (TPSA) is 29.9 Å². The van der Waals surface area contributed by atoms with Gasteiger partial charge in [0, 0.05) is 24.3 Å². The molecular weight excluding hydrogens is 234 g/mol. The normalized spacial score (nSPS) is 14.5. The van der Waals surface area contributed by atoms with Crippen LogP contribution in [0.2, 0.25) is 0 Å². The van der Waals surface area contributed by atoms with Crippen molar-refractivity contribution in [2.75, 3.05) is 6.54 Å². The Morgan fingerprint density at radius 1 is 1.26 bits per heavy atom. The Labute approximate surface area is 114 Å². The lowest BCUT2D eigenvalue weighted by Gasteiger charge is -2.06. The molecule has 0 atom stereocenters. The SMILES string of the molecule is C=C(CNC1CC1)Cn1cc(-c2ccccc2)cn1. The van der Waals surface area contributed by atoms with E-state index in [1.54, 1.807) is 0 Å². The van der Waals surface area contributed by atoms with Crippen molar-refractivity contribution in [2.45, 2.75) is 25.4 Å². The van der Waals surface area contributed by atoms with Gasteiger partial charge >= 0.3 is 0 Å². The van der Waals surface area contributed by atoms with Crippen LogP contribution in [-0.2, 0) is 6.54 Å². The number of rotatable bonds is 6. The first-order chi connectivity index (χ1) is 9.31. The van der Waals surface area contributed by atoms with E-state index >= 15 is 0 Å². The van der Waals surface area contributed by atoms with E-state index in [0.29, 0.717) is 0 Å². The van der Waals surface area contributed by atoms with Gasteiger partial charge in [-0.25, -0.2) is 0 Å². The largest absolute Gasteiger partial charge is 0.310 e.